The first kappa shape index (κ1) is 12.9. The van der Waals surface area contributed by atoms with Crippen LogP contribution in [-0.4, -0.2) is 51.4 Å². The molecular weight excluding hydrogens is 258 g/mol. The highest BCUT2D eigenvalue weighted by Crippen LogP contribution is 2.17. The molecule has 0 aromatic carbocycles. The van der Waals surface area contributed by atoms with Crippen molar-refractivity contribution in [2.24, 2.45) is 0 Å². The highest BCUT2D eigenvalue weighted by molar-refractivity contribution is 6.33. The Morgan fingerprint density at radius 2 is 2.06 bits per heavy atom. The van der Waals surface area contributed by atoms with Crippen molar-refractivity contribution in [3.05, 3.63) is 17.5 Å². The van der Waals surface area contributed by atoms with Gasteiger partial charge < -0.3 is 15.2 Å². The van der Waals surface area contributed by atoms with Gasteiger partial charge in [-0.2, -0.15) is 9.97 Å². The first-order valence-electron chi connectivity index (χ1n) is 5.38. The van der Waals surface area contributed by atoms with Crippen LogP contribution in [0.25, 0.3) is 11.2 Å². The molecule has 0 saturated heterocycles. The number of nitrogens with one attached hydrogen (secondary N) is 1. The Balaban J connectivity index is 2.01. The molecule has 0 fully saturated rings. The van der Waals surface area contributed by atoms with Gasteiger partial charge >= 0.3 is 0 Å². The number of rotatable bonds is 6. The second-order valence-corrected chi connectivity index (χ2v) is 3.69. The summed E-state index contributed by atoms with van der Waals surface area (Å²) < 4.78 is 5.09. The normalized spacial score (nSPS) is 10.8. The minimum absolute atomic E-state index is 0.00783. The zero-order chi connectivity index (χ0) is 12.8. The lowest BCUT2D eigenvalue weighted by Crippen LogP contribution is -2.13. The van der Waals surface area contributed by atoms with Gasteiger partial charge in [0.1, 0.15) is 5.52 Å². The summed E-state index contributed by atoms with van der Waals surface area (Å²) >= 11 is 5.97. The zero-order valence-corrected chi connectivity index (χ0v) is 10.3. The average Bonchev–Trinajstić information content (AvgIpc) is 2.39. The van der Waals surface area contributed by atoms with E-state index in [1.165, 1.54) is 6.20 Å². The SMILES string of the molecule is OCCOCCNc1nc(Cl)c2nccnc2n1. The van der Waals surface area contributed by atoms with E-state index in [1.54, 1.807) is 6.20 Å². The predicted octanol–water partition coefficient (Wildman–Crippen LogP) is 0.494. The van der Waals surface area contributed by atoms with E-state index in [4.69, 9.17) is 21.4 Å². The number of nitrogens with zero attached hydrogens (tertiary/aromatic N) is 4. The van der Waals surface area contributed by atoms with Gasteiger partial charge in [0.05, 0.1) is 19.8 Å². The Morgan fingerprint density at radius 1 is 1.22 bits per heavy atom. The van der Waals surface area contributed by atoms with Gasteiger partial charge in [0.15, 0.2) is 10.8 Å². The molecule has 0 atom stereocenters. The summed E-state index contributed by atoms with van der Waals surface area (Å²) in [6.45, 7) is 1.28. The molecule has 8 heteroatoms. The minimum Gasteiger partial charge on any atom is -0.394 e. The monoisotopic (exact) mass is 269 g/mol. The second kappa shape index (κ2) is 6.39. The van der Waals surface area contributed by atoms with Crippen molar-refractivity contribution in [3.63, 3.8) is 0 Å². The maximum Gasteiger partial charge on any atom is 0.226 e. The van der Waals surface area contributed by atoms with Crippen molar-refractivity contribution < 1.29 is 9.84 Å². The van der Waals surface area contributed by atoms with E-state index in [0.29, 0.717) is 36.9 Å². The fourth-order valence-electron chi connectivity index (χ4n) is 1.31. The van der Waals surface area contributed by atoms with E-state index in [2.05, 4.69) is 25.3 Å². The number of fused-ring (bicyclic) bond motifs is 1. The van der Waals surface area contributed by atoms with E-state index in [-0.39, 0.29) is 11.8 Å². The van der Waals surface area contributed by atoms with Gasteiger partial charge in [-0.15, -0.1) is 0 Å². The maximum absolute atomic E-state index is 8.53. The van der Waals surface area contributed by atoms with Crippen molar-refractivity contribution in [1.29, 1.82) is 0 Å². The number of ether oxygens (including phenoxy) is 1. The molecular formula is C10H12ClN5O2. The van der Waals surface area contributed by atoms with Crippen LogP contribution in [0.3, 0.4) is 0 Å². The molecule has 0 saturated carbocycles. The molecule has 7 nitrogen and oxygen atoms in total. The van der Waals surface area contributed by atoms with Gasteiger partial charge in [0.2, 0.25) is 5.95 Å². The molecule has 2 aromatic heterocycles. The Kier molecular flexibility index (Phi) is 4.57. The highest BCUT2D eigenvalue weighted by atomic mass is 35.5. The van der Waals surface area contributed by atoms with Crippen LogP contribution in [0.2, 0.25) is 5.15 Å². The van der Waals surface area contributed by atoms with E-state index in [1.807, 2.05) is 0 Å². The largest absolute Gasteiger partial charge is 0.394 e. The van der Waals surface area contributed by atoms with Gasteiger partial charge in [0, 0.05) is 18.9 Å². The Bertz CT molecular complexity index is 525. The lowest BCUT2D eigenvalue weighted by molar-refractivity contribution is 0.0991. The molecule has 0 unspecified atom stereocenters. The van der Waals surface area contributed by atoms with Crippen molar-refractivity contribution in [2.45, 2.75) is 0 Å². The summed E-state index contributed by atoms with van der Waals surface area (Å²) in [6, 6.07) is 0. The van der Waals surface area contributed by atoms with E-state index >= 15 is 0 Å². The average molecular weight is 270 g/mol. The zero-order valence-electron chi connectivity index (χ0n) is 9.51. The number of aliphatic hydroxyl groups excluding tert-OH is 1. The molecule has 2 heterocycles. The number of aromatic nitrogens is 4. The second-order valence-electron chi connectivity index (χ2n) is 3.33. The summed E-state index contributed by atoms with van der Waals surface area (Å²) in [6.07, 6.45) is 3.08. The smallest absolute Gasteiger partial charge is 0.226 e. The Morgan fingerprint density at radius 3 is 2.89 bits per heavy atom. The van der Waals surface area contributed by atoms with Crippen LogP contribution in [0.15, 0.2) is 12.4 Å². The Hall–Kier alpha value is -1.57. The summed E-state index contributed by atoms with van der Waals surface area (Å²) in [5.74, 6) is 0.376. The van der Waals surface area contributed by atoms with Crippen LogP contribution in [-0.2, 0) is 4.74 Å². The topological polar surface area (TPSA) is 93.1 Å². The number of aliphatic hydroxyl groups is 1. The van der Waals surface area contributed by atoms with Crippen molar-refractivity contribution in [1.82, 2.24) is 19.9 Å². The van der Waals surface area contributed by atoms with E-state index in [0.717, 1.165) is 0 Å². The van der Waals surface area contributed by atoms with E-state index in [9.17, 15) is 0 Å². The molecule has 2 rings (SSSR count). The van der Waals surface area contributed by atoms with Gasteiger partial charge in [-0.05, 0) is 0 Å². The van der Waals surface area contributed by atoms with Crippen LogP contribution < -0.4 is 5.32 Å². The fraction of sp³-hybridized carbons (Fsp3) is 0.400. The first-order valence-corrected chi connectivity index (χ1v) is 5.76. The molecule has 0 radical (unpaired) electrons. The Labute approximate surface area is 108 Å². The fourth-order valence-corrected chi connectivity index (χ4v) is 1.52. The molecule has 0 aliphatic heterocycles. The minimum atomic E-state index is 0.00783. The number of hydrogen-bond donors (Lipinski definition) is 2. The van der Waals surface area contributed by atoms with Crippen LogP contribution in [0.1, 0.15) is 0 Å². The highest BCUT2D eigenvalue weighted by Gasteiger charge is 2.06. The molecule has 0 aliphatic rings. The molecule has 0 bridgehead atoms. The maximum atomic E-state index is 8.53. The standard InChI is InChI=1S/C10H12ClN5O2/c11-8-7-9(13-2-1-12-7)16-10(15-8)14-3-5-18-6-4-17/h1-2,17H,3-6H2,(H,13,14,15,16). The molecule has 0 amide bonds. The number of halogens is 1. The molecule has 2 aromatic rings. The number of hydrogen-bond acceptors (Lipinski definition) is 7. The third kappa shape index (κ3) is 3.22. The van der Waals surface area contributed by atoms with Gasteiger partial charge in [-0.3, -0.25) is 0 Å². The quantitative estimate of drug-likeness (QED) is 0.582. The number of anilines is 1. The lowest BCUT2D eigenvalue weighted by atomic mass is 10.5. The lowest BCUT2D eigenvalue weighted by Gasteiger charge is -2.06. The van der Waals surface area contributed by atoms with Gasteiger partial charge in [-0.25, -0.2) is 9.97 Å². The molecule has 0 aliphatic carbocycles. The van der Waals surface area contributed by atoms with Gasteiger partial charge in [-0.1, -0.05) is 11.6 Å². The molecule has 0 spiro atoms. The van der Waals surface area contributed by atoms with Crippen LogP contribution in [0.4, 0.5) is 5.95 Å². The van der Waals surface area contributed by atoms with Crippen LogP contribution in [0.5, 0.6) is 0 Å². The predicted molar refractivity (Wildman–Crippen MR) is 66.5 cm³/mol. The summed E-state index contributed by atoms with van der Waals surface area (Å²) in [5, 5.41) is 11.7. The third-order valence-electron chi connectivity index (χ3n) is 2.06. The summed E-state index contributed by atoms with van der Waals surface area (Å²) in [5.41, 5.74) is 0.914. The van der Waals surface area contributed by atoms with Gasteiger partial charge in [0.25, 0.3) is 0 Å². The van der Waals surface area contributed by atoms with E-state index < -0.39 is 0 Å². The molecule has 2 N–H and O–H groups in total. The summed E-state index contributed by atoms with van der Waals surface area (Å²) in [7, 11) is 0. The molecule has 18 heavy (non-hydrogen) atoms. The van der Waals surface area contributed by atoms with Crippen molar-refractivity contribution in [3.8, 4) is 0 Å². The van der Waals surface area contributed by atoms with Crippen molar-refractivity contribution >= 4 is 28.7 Å². The van der Waals surface area contributed by atoms with Crippen LogP contribution >= 0.6 is 11.6 Å². The van der Waals surface area contributed by atoms with Crippen molar-refractivity contribution in [2.75, 3.05) is 31.7 Å². The van der Waals surface area contributed by atoms with Crippen LogP contribution in [0, 0.1) is 0 Å². The first-order chi connectivity index (χ1) is 8.81. The summed E-state index contributed by atoms with van der Waals surface area (Å²) in [4.78, 5) is 16.3. The molecule has 96 valence electrons. The third-order valence-corrected chi connectivity index (χ3v) is 2.32.